The van der Waals surface area contributed by atoms with Gasteiger partial charge in [0.2, 0.25) is 0 Å². The summed E-state index contributed by atoms with van der Waals surface area (Å²) in [5, 5.41) is 12.0. The van der Waals surface area contributed by atoms with Crippen LogP contribution in [0.25, 0.3) is 0 Å². The van der Waals surface area contributed by atoms with Crippen LogP contribution in [0.5, 0.6) is 0 Å². The lowest BCUT2D eigenvalue weighted by molar-refractivity contribution is -0.185. The van der Waals surface area contributed by atoms with E-state index in [1.54, 1.807) is 0 Å². The van der Waals surface area contributed by atoms with E-state index in [0.29, 0.717) is 0 Å². The van der Waals surface area contributed by atoms with E-state index < -0.39 is 53.0 Å². The minimum Gasteiger partial charge on any atom is -0.481 e. The summed E-state index contributed by atoms with van der Waals surface area (Å²) in [7, 11) is 3.31. The molecule has 2 heterocycles. The van der Waals surface area contributed by atoms with Gasteiger partial charge in [-0.05, 0) is 0 Å². The number of ketones is 1. The number of hydrogen-bond acceptors (Lipinski definition) is 10. The van der Waals surface area contributed by atoms with Crippen LogP contribution >= 0.6 is 0 Å². The smallest absolute Gasteiger partial charge is 0.323 e. The average molecular weight is 386 g/mol. The molecule has 0 aromatic carbocycles. The molecule has 11 nitrogen and oxygen atoms in total. The van der Waals surface area contributed by atoms with Crippen molar-refractivity contribution in [3.63, 3.8) is 0 Å². The zero-order valence-electron chi connectivity index (χ0n) is 15.3. The summed E-state index contributed by atoms with van der Waals surface area (Å²) in [6, 6.07) is -1.29. The highest BCUT2D eigenvalue weighted by molar-refractivity contribution is 6.16. The summed E-state index contributed by atoms with van der Waals surface area (Å²) in [6.45, 7) is -0.821. The van der Waals surface area contributed by atoms with Crippen LogP contribution in [0.2, 0.25) is 0 Å². The number of nitrogens with zero attached hydrogens (tertiary/aromatic N) is 1. The standard InChI is InChI=1S/C16H22N2O9/c1-25-11(21)9(4-10(19)20)18-7-15(13(23)26-2)5-17-6-16(8-18,12(15)22)14(24)27-3/h9,17H,4-8H2,1-3H3,(H,19,20). The first kappa shape index (κ1) is 20.8. The third-order valence-corrected chi connectivity index (χ3v) is 5.10. The van der Waals surface area contributed by atoms with Crippen molar-refractivity contribution in [3.8, 4) is 0 Å². The number of carboxylic acid groups (broad SMARTS) is 1. The summed E-state index contributed by atoms with van der Waals surface area (Å²) in [5.41, 5.74) is -3.55. The molecule has 11 heteroatoms. The monoisotopic (exact) mass is 386 g/mol. The number of ether oxygens (including phenoxy) is 3. The quantitative estimate of drug-likeness (QED) is 0.291. The molecule has 0 radical (unpaired) electrons. The minimum absolute atomic E-state index is 0.116. The van der Waals surface area contributed by atoms with Crippen molar-refractivity contribution in [2.24, 2.45) is 10.8 Å². The number of carboxylic acids is 1. The SMILES string of the molecule is COC(=O)C(CC(=O)O)N1CC2(C(=O)OC)CNCC(C(=O)OC)(C1)C2=O. The van der Waals surface area contributed by atoms with Gasteiger partial charge in [-0.1, -0.05) is 0 Å². The number of hydrogen-bond donors (Lipinski definition) is 2. The largest absolute Gasteiger partial charge is 0.481 e. The highest BCUT2D eigenvalue weighted by Crippen LogP contribution is 2.42. The van der Waals surface area contributed by atoms with E-state index in [9.17, 15) is 24.0 Å². The first-order valence-electron chi connectivity index (χ1n) is 8.14. The second kappa shape index (κ2) is 7.61. The van der Waals surface area contributed by atoms with Gasteiger partial charge in [-0.15, -0.1) is 0 Å². The van der Waals surface area contributed by atoms with Crippen LogP contribution in [0.4, 0.5) is 0 Å². The lowest BCUT2D eigenvalue weighted by atomic mass is 9.62. The van der Waals surface area contributed by atoms with Gasteiger partial charge in [0.05, 0.1) is 27.8 Å². The molecule has 27 heavy (non-hydrogen) atoms. The molecule has 0 aromatic rings. The first-order valence-corrected chi connectivity index (χ1v) is 8.14. The van der Waals surface area contributed by atoms with Gasteiger partial charge in [0.25, 0.3) is 0 Å². The summed E-state index contributed by atoms with van der Waals surface area (Å²) < 4.78 is 14.2. The van der Waals surface area contributed by atoms with Crippen LogP contribution in [-0.4, -0.2) is 93.2 Å². The van der Waals surface area contributed by atoms with Gasteiger partial charge in [-0.3, -0.25) is 28.9 Å². The van der Waals surface area contributed by atoms with Gasteiger partial charge in [-0.2, -0.15) is 0 Å². The van der Waals surface area contributed by atoms with Crippen molar-refractivity contribution in [2.75, 3.05) is 47.5 Å². The van der Waals surface area contributed by atoms with Crippen molar-refractivity contribution in [1.29, 1.82) is 0 Å². The number of aliphatic carboxylic acids is 1. The molecule has 0 spiro atoms. The molecule has 3 atom stereocenters. The second-order valence-electron chi connectivity index (χ2n) is 6.62. The Hall–Kier alpha value is -2.53. The molecule has 0 saturated carbocycles. The van der Waals surface area contributed by atoms with Crippen LogP contribution in [0.1, 0.15) is 6.42 Å². The fourth-order valence-corrected chi connectivity index (χ4v) is 3.85. The molecule has 0 aromatic heterocycles. The van der Waals surface area contributed by atoms with Gasteiger partial charge in [-0.25, -0.2) is 0 Å². The third-order valence-electron chi connectivity index (χ3n) is 5.10. The van der Waals surface area contributed by atoms with Crippen molar-refractivity contribution < 1.29 is 43.3 Å². The number of carbonyl (C=O) groups is 5. The lowest BCUT2D eigenvalue weighted by Gasteiger charge is -2.52. The molecule has 150 valence electrons. The predicted octanol–water partition coefficient (Wildman–Crippen LogP) is -2.19. The molecule has 2 rings (SSSR count). The summed E-state index contributed by atoms with van der Waals surface area (Å²) in [5.74, 6) is -4.54. The van der Waals surface area contributed by atoms with E-state index in [1.165, 1.54) is 4.90 Å². The molecule has 0 amide bonds. The van der Waals surface area contributed by atoms with E-state index in [2.05, 4.69) is 10.1 Å². The lowest BCUT2D eigenvalue weighted by Crippen LogP contribution is -2.75. The van der Waals surface area contributed by atoms with Crippen LogP contribution in [0.3, 0.4) is 0 Å². The van der Waals surface area contributed by atoms with Crippen LogP contribution in [-0.2, 0) is 38.2 Å². The molecule has 2 fully saturated rings. The number of rotatable bonds is 6. The maximum atomic E-state index is 13.2. The van der Waals surface area contributed by atoms with Gasteiger partial charge in [0.15, 0.2) is 16.6 Å². The fraction of sp³-hybridized carbons (Fsp3) is 0.688. The van der Waals surface area contributed by atoms with Crippen molar-refractivity contribution in [1.82, 2.24) is 10.2 Å². The molecular formula is C16H22N2O9. The number of carbonyl (C=O) groups excluding carboxylic acids is 4. The molecule has 2 saturated heterocycles. The number of likely N-dealkylation sites (tertiary alicyclic amines) is 1. The van der Waals surface area contributed by atoms with Crippen LogP contribution in [0.15, 0.2) is 0 Å². The summed E-state index contributed by atoms with van der Waals surface area (Å²) in [4.78, 5) is 62.9. The predicted molar refractivity (Wildman–Crippen MR) is 86.4 cm³/mol. The maximum Gasteiger partial charge on any atom is 0.323 e. The molecule has 3 unspecified atom stereocenters. The Morgan fingerprint density at radius 1 is 1.04 bits per heavy atom. The molecule has 2 bridgehead atoms. The number of esters is 3. The van der Waals surface area contributed by atoms with E-state index >= 15 is 0 Å². The van der Waals surface area contributed by atoms with Crippen molar-refractivity contribution >= 4 is 29.7 Å². The van der Waals surface area contributed by atoms with Crippen LogP contribution < -0.4 is 5.32 Å². The molecular weight excluding hydrogens is 364 g/mol. The molecule has 0 aliphatic carbocycles. The number of piperidine rings is 2. The Morgan fingerprint density at radius 3 is 1.89 bits per heavy atom. The number of Topliss-reactive ketones (excluding diaryl/α,β-unsaturated/α-hetero) is 1. The molecule has 2 aliphatic rings. The third kappa shape index (κ3) is 3.28. The Balaban J connectivity index is 2.57. The normalized spacial score (nSPS) is 28.8. The maximum absolute atomic E-state index is 13.2. The van der Waals surface area contributed by atoms with Gasteiger partial charge in [0, 0.05) is 26.2 Å². The second-order valence-corrected chi connectivity index (χ2v) is 6.62. The van der Waals surface area contributed by atoms with Crippen LogP contribution in [0, 0.1) is 10.8 Å². The van der Waals surface area contributed by atoms with E-state index in [0.717, 1.165) is 21.3 Å². The van der Waals surface area contributed by atoms with Crippen molar-refractivity contribution in [2.45, 2.75) is 12.5 Å². The summed E-state index contributed by atoms with van der Waals surface area (Å²) in [6.07, 6.45) is -0.622. The zero-order chi connectivity index (χ0) is 20.4. The van der Waals surface area contributed by atoms with Gasteiger partial charge < -0.3 is 24.6 Å². The highest BCUT2D eigenvalue weighted by Gasteiger charge is 2.67. The Morgan fingerprint density at radius 2 is 1.52 bits per heavy atom. The van der Waals surface area contributed by atoms with Gasteiger partial charge in [0.1, 0.15) is 6.04 Å². The average Bonchev–Trinajstić information content (AvgIpc) is 2.64. The molecule has 2 aliphatic heterocycles. The van der Waals surface area contributed by atoms with E-state index in [-0.39, 0.29) is 26.2 Å². The zero-order valence-corrected chi connectivity index (χ0v) is 15.3. The number of fused-ring (bicyclic) bond motifs is 2. The topological polar surface area (TPSA) is 149 Å². The number of nitrogens with one attached hydrogen (secondary N) is 1. The Bertz CT molecular complexity index is 643. The fourth-order valence-electron chi connectivity index (χ4n) is 3.85. The minimum atomic E-state index is -1.77. The van der Waals surface area contributed by atoms with Crippen molar-refractivity contribution in [3.05, 3.63) is 0 Å². The Labute approximate surface area is 154 Å². The molecule has 2 N–H and O–H groups in total. The number of methoxy groups -OCH3 is 3. The summed E-state index contributed by atoms with van der Waals surface area (Å²) >= 11 is 0. The highest BCUT2D eigenvalue weighted by atomic mass is 16.5. The van der Waals surface area contributed by atoms with E-state index in [1.807, 2.05) is 0 Å². The Kier molecular flexibility index (Phi) is 5.85. The van der Waals surface area contributed by atoms with Gasteiger partial charge >= 0.3 is 23.9 Å². The first-order chi connectivity index (χ1) is 12.7. The van der Waals surface area contributed by atoms with E-state index in [4.69, 9.17) is 14.6 Å².